The minimum atomic E-state index is 0.0766. The van der Waals surface area contributed by atoms with Crippen molar-refractivity contribution in [3.63, 3.8) is 0 Å². The number of carbonyl (C=O) groups is 1. The van der Waals surface area contributed by atoms with Crippen LogP contribution in [0.4, 0.5) is 0 Å². The number of carbonyl (C=O) groups excluding carboxylic acids is 1. The maximum absolute atomic E-state index is 10.7. The van der Waals surface area contributed by atoms with Crippen LogP contribution in [0.5, 0.6) is 0 Å². The van der Waals surface area contributed by atoms with Crippen LogP contribution in [0.3, 0.4) is 0 Å². The Kier molecular flexibility index (Phi) is 2.84. The van der Waals surface area contributed by atoms with E-state index in [4.69, 9.17) is 5.11 Å². The molecule has 3 N–H and O–H groups in total. The summed E-state index contributed by atoms with van der Waals surface area (Å²) in [5, 5.41) is 14.5. The van der Waals surface area contributed by atoms with E-state index in [1.807, 2.05) is 6.92 Å². The molecule has 4 heteroatoms. The van der Waals surface area contributed by atoms with Crippen LogP contribution >= 0.6 is 0 Å². The van der Waals surface area contributed by atoms with Crippen molar-refractivity contribution in [3.8, 4) is 0 Å². The Morgan fingerprint density at radius 3 is 3.09 bits per heavy atom. The number of rotatable bonds is 3. The van der Waals surface area contributed by atoms with Crippen LogP contribution in [0.1, 0.15) is 13.3 Å². The smallest absolute Gasteiger partial charge is 0.221 e. The third-order valence-corrected chi connectivity index (χ3v) is 1.77. The van der Waals surface area contributed by atoms with Crippen molar-refractivity contribution >= 4 is 5.91 Å². The van der Waals surface area contributed by atoms with Gasteiger partial charge in [0.2, 0.25) is 5.91 Å². The molecule has 0 aliphatic carbocycles. The average molecular weight is 158 g/mol. The van der Waals surface area contributed by atoms with Crippen LogP contribution in [0, 0.1) is 0 Å². The molecule has 2 unspecified atom stereocenters. The summed E-state index contributed by atoms with van der Waals surface area (Å²) < 4.78 is 0. The third kappa shape index (κ3) is 2.48. The summed E-state index contributed by atoms with van der Waals surface area (Å²) in [4.78, 5) is 10.7. The van der Waals surface area contributed by atoms with Crippen molar-refractivity contribution in [2.45, 2.75) is 25.4 Å². The van der Waals surface area contributed by atoms with Gasteiger partial charge in [0.25, 0.3) is 0 Å². The molecule has 0 radical (unpaired) electrons. The zero-order chi connectivity index (χ0) is 8.27. The average Bonchev–Trinajstić information content (AvgIpc) is 2.35. The lowest BCUT2D eigenvalue weighted by Gasteiger charge is -2.14. The molecule has 0 spiro atoms. The summed E-state index contributed by atoms with van der Waals surface area (Å²) in [6, 6.07) is 0.275. The summed E-state index contributed by atoms with van der Waals surface area (Å²) >= 11 is 0. The summed E-state index contributed by atoms with van der Waals surface area (Å²) in [5.41, 5.74) is 0. The fourth-order valence-electron chi connectivity index (χ4n) is 1.18. The fourth-order valence-corrected chi connectivity index (χ4v) is 1.18. The lowest BCUT2D eigenvalue weighted by atomic mass is 10.2. The Bertz CT molecular complexity index is 149. The molecule has 4 nitrogen and oxygen atoms in total. The maximum Gasteiger partial charge on any atom is 0.221 e. The Morgan fingerprint density at radius 2 is 2.64 bits per heavy atom. The second-order valence-corrected chi connectivity index (χ2v) is 2.96. The van der Waals surface area contributed by atoms with E-state index >= 15 is 0 Å². The normalized spacial score (nSPS) is 26.7. The van der Waals surface area contributed by atoms with E-state index in [-0.39, 0.29) is 24.6 Å². The zero-order valence-electron chi connectivity index (χ0n) is 6.63. The van der Waals surface area contributed by atoms with Gasteiger partial charge in [-0.15, -0.1) is 0 Å². The Labute approximate surface area is 66.0 Å². The summed E-state index contributed by atoms with van der Waals surface area (Å²) in [7, 11) is 0. The molecular weight excluding hydrogens is 144 g/mol. The maximum atomic E-state index is 10.7. The number of hydrogen-bond donors (Lipinski definition) is 3. The van der Waals surface area contributed by atoms with Crippen molar-refractivity contribution in [2.75, 3.05) is 13.2 Å². The predicted octanol–water partition coefficient (Wildman–Crippen LogP) is -1.15. The van der Waals surface area contributed by atoms with Crippen molar-refractivity contribution < 1.29 is 9.90 Å². The van der Waals surface area contributed by atoms with Gasteiger partial charge in [-0.1, -0.05) is 0 Å². The van der Waals surface area contributed by atoms with Gasteiger partial charge < -0.3 is 15.7 Å². The van der Waals surface area contributed by atoms with E-state index in [1.54, 1.807) is 0 Å². The summed E-state index contributed by atoms with van der Waals surface area (Å²) in [5.74, 6) is 0.0904. The highest BCUT2D eigenvalue weighted by atomic mass is 16.3. The highest BCUT2D eigenvalue weighted by molar-refractivity contribution is 5.78. The molecule has 0 aromatic heterocycles. The van der Waals surface area contributed by atoms with Crippen LogP contribution in [0.25, 0.3) is 0 Å². The van der Waals surface area contributed by atoms with Gasteiger partial charge in [0, 0.05) is 25.0 Å². The first-order chi connectivity index (χ1) is 5.22. The van der Waals surface area contributed by atoms with E-state index in [0.29, 0.717) is 13.0 Å². The standard InChI is InChI=1S/C7H14N2O2/c1-5(4-10)9-6-2-7(11)8-3-6/h5-6,9-10H,2-4H2,1H3,(H,8,11). The first kappa shape index (κ1) is 8.49. The van der Waals surface area contributed by atoms with E-state index in [1.165, 1.54) is 0 Å². The van der Waals surface area contributed by atoms with Crippen molar-refractivity contribution in [1.29, 1.82) is 0 Å². The second-order valence-electron chi connectivity index (χ2n) is 2.96. The molecule has 11 heavy (non-hydrogen) atoms. The number of amides is 1. The molecule has 1 heterocycles. The van der Waals surface area contributed by atoms with Crippen LogP contribution in [-0.4, -0.2) is 36.2 Å². The Balaban J connectivity index is 2.22. The van der Waals surface area contributed by atoms with Gasteiger partial charge in [0.1, 0.15) is 0 Å². The monoisotopic (exact) mass is 158 g/mol. The van der Waals surface area contributed by atoms with Crippen LogP contribution < -0.4 is 10.6 Å². The summed E-state index contributed by atoms with van der Waals surface area (Å²) in [6.07, 6.45) is 0.532. The van der Waals surface area contributed by atoms with Crippen molar-refractivity contribution in [2.24, 2.45) is 0 Å². The molecule has 0 aromatic rings. The van der Waals surface area contributed by atoms with Crippen LogP contribution in [0.2, 0.25) is 0 Å². The molecule has 1 saturated heterocycles. The van der Waals surface area contributed by atoms with Gasteiger partial charge in [0.05, 0.1) is 6.61 Å². The minimum Gasteiger partial charge on any atom is -0.395 e. The Morgan fingerprint density at radius 1 is 1.91 bits per heavy atom. The van der Waals surface area contributed by atoms with Crippen LogP contribution in [0.15, 0.2) is 0 Å². The lowest BCUT2D eigenvalue weighted by molar-refractivity contribution is -0.119. The van der Waals surface area contributed by atoms with Gasteiger partial charge in [-0.2, -0.15) is 0 Å². The molecule has 1 fully saturated rings. The lowest BCUT2D eigenvalue weighted by Crippen LogP contribution is -2.39. The first-order valence-electron chi connectivity index (χ1n) is 3.86. The van der Waals surface area contributed by atoms with Crippen molar-refractivity contribution in [3.05, 3.63) is 0 Å². The van der Waals surface area contributed by atoms with Gasteiger partial charge in [-0.25, -0.2) is 0 Å². The van der Waals surface area contributed by atoms with Gasteiger partial charge in [0.15, 0.2) is 0 Å². The minimum absolute atomic E-state index is 0.0766. The van der Waals surface area contributed by atoms with Gasteiger partial charge >= 0.3 is 0 Å². The molecular formula is C7H14N2O2. The van der Waals surface area contributed by atoms with E-state index < -0.39 is 0 Å². The Hall–Kier alpha value is -0.610. The molecule has 64 valence electrons. The second kappa shape index (κ2) is 3.69. The molecule has 1 amide bonds. The largest absolute Gasteiger partial charge is 0.395 e. The predicted molar refractivity (Wildman–Crippen MR) is 41.1 cm³/mol. The highest BCUT2D eigenvalue weighted by Gasteiger charge is 2.21. The molecule has 0 aromatic carbocycles. The summed E-state index contributed by atoms with van der Waals surface area (Å²) in [6.45, 7) is 2.69. The fraction of sp³-hybridized carbons (Fsp3) is 0.857. The zero-order valence-corrected chi connectivity index (χ0v) is 6.63. The number of aliphatic hydroxyl groups excluding tert-OH is 1. The van der Waals surface area contributed by atoms with E-state index in [0.717, 1.165) is 0 Å². The van der Waals surface area contributed by atoms with Crippen LogP contribution in [-0.2, 0) is 4.79 Å². The quantitative estimate of drug-likeness (QED) is 0.486. The molecule has 2 atom stereocenters. The first-order valence-corrected chi connectivity index (χ1v) is 3.86. The molecule has 1 rings (SSSR count). The SMILES string of the molecule is CC(CO)NC1CNC(=O)C1. The molecule has 0 saturated carbocycles. The van der Waals surface area contributed by atoms with Crippen molar-refractivity contribution in [1.82, 2.24) is 10.6 Å². The molecule has 1 aliphatic heterocycles. The highest BCUT2D eigenvalue weighted by Crippen LogP contribution is 1.99. The number of hydrogen-bond acceptors (Lipinski definition) is 3. The third-order valence-electron chi connectivity index (χ3n) is 1.77. The molecule has 1 aliphatic rings. The topological polar surface area (TPSA) is 61.4 Å². The number of aliphatic hydroxyl groups is 1. The van der Waals surface area contributed by atoms with E-state index in [2.05, 4.69) is 10.6 Å². The molecule has 0 bridgehead atoms. The van der Waals surface area contributed by atoms with Gasteiger partial charge in [-0.3, -0.25) is 4.79 Å². The van der Waals surface area contributed by atoms with Gasteiger partial charge in [-0.05, 0) is 6.92 Å². The number of nitrogens with one attached hydrogen (secondary N) is 2. The van der Waals surface area contributed by atoms with E-state index in [9.17, 15) is 4.79 Å².